The lowest BCUT2D eigenvalue weighted by Gasteiger charge is -2.20. The predicted molar refractivity (Wildman–Crippen MR) is 66.8 cm³/mol. The number of nitro groups is 1. The van der Waals surface area contributed by atoms with Gasteiger partial charge in [-0.3, -0.25) is 14.9 Å². The molecule has 0 spiro atoms. The minimum Gasteiger partial charge on any atom is -0.468 e. The molecule has 1 saturated heterocycles. The van der Waals surface area contributed by atoms with Gasteiger partial charge in [-0.1, -0.05) is 12.1 Å². The molecule has 0 aromatic heterocycles. The first kappa shape index (κ1) is 13.5. The molecule has 6 heteroatoms. The smallest absolute Gasteiger partial charge is 0.315 e. The maximum absolute atomic E-state index is 11.9. The van der Waals surface area contributed by atoms with Crippen molar-refractivity contribution in [2.75, 3.05) is 13.7 Å². The Morgan fingerprint density at radius 2 is 2.16 bits per heavy atom. The van der Waals surface area contributed by atoms with Crippen LogP contribution >= 0.6 is 0 Å². The molecule has 6 nitrogen and oxygen atoms in total. The quantitative estimate of drug-likeness (QED) is 0.473. The number of benzene rings is 1. The van der Waals surface area contributed by atoms with Gasteiger partial charge in [-0.2, -0.15) is 0 Å². The molecule has 2 rings (SSSR count). The van der Waals surface area contributed by atoms with E-state index >= 15 is 0 Å². The third kappa shape index (κ3) is 2.90. The van der Waals surface area contributed by atoms with Crippen molar-refractivity contribution in [2.24, 2.45) is 0 Å². The Bertz CT molecular complexity index is 464. The van der Waals surface area contributed by atoms with Crippen LogP contribution in [0.5, 0.6) is 0 Å². The number of carbonyl (C=O) groups is 1. The van der Waals surface area contributed by atoms with E-state index < -0.39 is 10.8 Å². The van der Waals surface area contributed by atoms with Crippen LogP contribution in [-0.4, -0.2) is 30.7 Å². The van der Waals surface area contributed by atoms with Crippen LogP contribution in [0.1, 0.15) is 24.3 Å². The molecule has 0 amide bonds. The van der Waals surface area contributed by atoms with Crippen LogP contribution in [0.25, 0.3) is 0 Å². The van der Waals surface area contributed by atoms with Gasteiger partial charge in [-0.25, -0.2) is 0 Å². The van der Waals surface area contributed by atoms with Gasteiger partial charge in [0.25, 0.3) is 5.69 Å². The zero-order valence-corrected chi connectivity index (χ0v) is 10.6. The lowest BCUT2D eigenvalue weighted by molar-refractivity contribution is -0.384. The number of rotatable bonds is 4. The highest BCUT2D eigenvalue weighted by molar-refractivity contribution is 5.79. The highest BCUT2D eigenvalue weighted by Gasteiger charge is 2.34. The normalized spacial score (nSPS) is 19.9. The zero-order valence-electron chi connectivity index (χ0n) is 10.6. The van der Waals surface area contributed by atoms with Crippen molar-refractivity contribution >= 4 is 11.7 Å². The first-order chi connectivity index (χ1) is 9.13. The first-order valence-corrected chi connectivity index (χ1v) is 6.07. The molecule has 2 atom stereocenters. The molecule has 0 radical (unpaired) electrons. The fourth-order valence-electron chi connectivity index (χ4n) is 2.30. The summed E-state index contributed by atoms with van der Waals surface area (Å²) in [5.41, 5.74) is 0.684. The molecule has 1 aromatic carbocycles. The number of non-ortho nitro benzene ring substituents is 1. The number of hydrogen-bond donors (Lipinski definition) is 0. The van der Waals surface area contributed by atoms with Gasteiger partial charge in [-0.05, 0) is 18.4 Å². The second-order valence-electron chi connectivity index (χ2n) is 4.40. The van der Waals surface area contributed by atoms with Gasteiger partial charge in [0.1, 0.15) is 5.92 Å². The standard InChI is InChI=1S/C13H15NO5/c1-18-13(15)12(11-3-2-8-19-11)9-4-6-10(7-5-9)14(16)17/h4-7,11-12H,2-3,8H2,1H3/t11-,12+/m1/s1. The Balaban J connectivity index is 2.26. The third-order valence-electron chi connectivity index (χ3n) is 3.25. The molecule has 0 bridgehead atoms. The van der Waals surface area contributed by atoms with Crippen LogP contribution in [-0.2, 0) is 14.3 Å². The maximum Gasteiger partial charge on any atom is 0.315 e. The molecule has 1 aliphatic heterocycles. The van der Waals surface area contributed by atoms with Crippen LogP contribution in [0.15, 0.2) is 24.3 Å². The van der Waals surface area contributed by atoms with Crippen LogP contribution in [0.2, 0.25) is 0 Å². The Morgan fingerprint density at radius 1 is 1.47 bits per heavy atom. The lowest BCUT2D eigenvalue weighted by atomic mass is 9.91. The summed E-state index contributed by atoms with van der Waals surface area (Å²) in [5.74, 6) is -0.894. The van der Waals surface area contributed by atoms with E-state index in [1.54, 1.807) is 12.1 Å². The number of carbonyl (C=O) groups excluding carboxylic acids is 1. The van der Waals surface area contributed by atoms with Crippen molar-refractivity contribution in [3.63, 3.8) is 0 Å². The molecule has 0 aliphatic carbocycles. The van der Waals surface area contributed by atoms with Crippen molar-refractivity contribution in [1.82, 2.24) is 0 Å². The second-order valence-corrected chi connectivity index (χ2v) is 4.40. The molecule has 19 heavy (non-hydrogen) atoms. The summed E-state index contributed by atoms with van der Waals surface area (Å²) < 4.78 is 10.3. The van der Waals surface area contributed by atoms with Gasteiger partial charge in [0, 0.05) is 18.7 Å². The molecular weight excluding hydrogens is 250 g/mol. The van der Waals surface area contributed by atoms with E-state index in [-0.39, 0.29) is 17.8 Å². The van der Waals surface area contributed by atoms with E-state index in [0.29, 0.717) is 12.2 Å². The summed E-state index contributed by atoms with van der Waals surface area (Å²) in [6.07, 6.45) is 1.48. The molecule has 1 aromatic rings. The van der Waals surface area contributed by atoms with Crippen LogP contribution in [0, 0.1) is 10.1 Å². The number of esters is 1. The minimum atomic E-state index is -0.520. The third-order valence-corrected chi connectivity index (χ3v) is 3.25. The molecule has 0 N–H and O–H groups in total. The summed E-state index contributed by atoms with van der Waals surface area (Å²) >= 11 is 0. The summed E-state index contributed by atoms with van der Waals surface area (Å²) in [5, 5.41) is 10.6. The van der Waals surface area contributed by atoms with Crippen LogP contribution in [0.3, 0.4) is 0 Å². The topological polar surface area (TPSA) is 78.7 Å². The number of methoxy groups -OCH3 is 1. The SMILES string of the molecule is COC(=O)[C@@H](c1ccc([N+](=O)[O-])cc1)[C@H]1CCCO1. The van der Waals surface area contributed by atoms with E-state index in [2.05, 4.69) is 0 Å². The summed E-state index contributed by atoms with van der Waals surface area (Å²) in [4.78, 5) is 22.0. The molecule has 0 saturated carbocycles. The van der Waals surface area contributed by atoms with Gasteiger partial charge in [-0.15, -0.1) is 0 Å². The Kier molecular flexibility index (Phi) is 4.11. The largest absolute Gasteiger partial charge is 0.468 e. The molecule has 102 valence electrons. The fraction of sp³-hybridized carbons (Fsp3) is 0.462. The Hall–Kier alpha value is -1.95. The van der Waals surface area contributed by atoms with Crippen molar-refractivity contribution in [2.45, 2.75) is 24.9 Å². The molecule has 1 fully saturated rings. The molecule has 1 heterocycles. The van der Waals surface area contributed by atoms with Crippen molar-refractivity contribution in [3.8, 4) is 0 Å². The van der Waals surface area contributed by atoms with E-state index in [9.17, 15) is 14.9 Å². The average Bonchev–Trinajstić information content (AvgIpc) is 2.93. The van der Waals surface area contributed by atoms with Crippen molar-refractivity contribution in [1.29, 1.82) is 0 Å². The Morgan fingerprint density at radius 3 is 2.63 bits per heavy atom. The van der Waals surface area contributed by atoms with Crippen molar-refractivity contribution < 1.29 is 19.2 Å². The summed E-state index contributed by atoms with van der Waals surface area (Å²) in [7, 11) is 1.33. The summed E-state index contributed by atoms with van der Waals surface area (Å²) in [6, 6.07) is 5.95. The molecule has 0 unspecified atom stereocenters. The monoisotopic (exact) mass is 265 g/mol. The summed E-state index contributed by atoms with van der Waals surface area (Å²) in [6.45, 7) is 0.630. The lowest BCUT2D eigenvalue weighted by Crippen LogP contribution is -2.26. The molecule has 1 aliphatic rings. The highest BCUT2D eigenvalue weighted by Crippen LogP contribution is 2.31. The number of nitrogens with zero attached hydrogens (tertiary/aromatic N) is 1. The fourth-order valence-corrected chi connectivity index (χ4v) is 2.30. The first-order valence-electron chi connectivity index (χ1n) is 6.07. The minimum absolute atomic E-state index is 0.000272. The number of hydrogen-bond acceptors (Lipinski definition) is 5. The van der Waals surface area contributed by atoms with E-state index in [4.69, 9.17) is 9.47 Å². The van der Waals surface area contributed by atoms with Gasteiger partial charge < -0.3 is 9.47 Å². The second kappa shape index (κ2) is 5.79. The van der Waals surface area contributed by atoms with E-state index in [0.717, 1.165) is 12.8 Å². The zero-order chi connectivity index (χ0) is 13.8. The number of nitro benzene ring substituents is 1. The number of ether oxygens (including phenoxy) is 2. The predicted octanol–water partition coefficient (Wildman–Crippen LogP) is 2.03. The Labute approximate surface area is 110 Å². The van der Waals surface area contributed by atoms with Gasteiger partial charge >= 0.3 is 5.97 Å². The van der Waals surface area contributed by atoms with E-state index in [1.807, 2.05) is 0 Å². The maximum atomic E-state index is 11.9. The van der Waals surface area contributed by atoms with E-state index in [1.165, 1.54) is 19.2 Å². The molecular formula is C13H15NO5. The van der Waals surface area contributed by atoms with Gasteiger partial charge in [0.05, 0.1) is 18.1 Å². The van der Waals surface area contributed by atoms with Gasteiger partial charge in [0.15, 0.2) is 0 Å². The van der Waals surface area contributed by atoms with Crippen LogP contribution < -0.4 is 0 Å². The van der Waals surface area contributed by atoms with Crippen LogP contribution in [0.4, 0.5) is 5.69 Å². The van der Waals surface area contributed by atoms with Crippen molar-refractivity contribution in [3.05, 3.63) is 39.9 Å². The average molecular weight is 265 g/mol. The highest BCUT2D eigenvalue weighted by atomic mass is 16.6. The van der Waals surface area contributed by atoms with Gasteiger partial charge in [0.2, 0.25) is 0 Å².